The number of hydrogen-bond acceptors (Lipinski definition) is 8. The van der Waals surface area contributed by atoms with Crippen molar-refractivity contribution in [2.75, 3.05) is 65.0 Å². The Morgan fingerprint density at radius 2 is 1.95 bits per heavy atom. The molecule has 3 aliphatic heterocycles. The molecule has 4 unspecified atom stereocenters. The summed E-state index contributed by atoms with van der Waals surface area (Å²) in [5.74, 6) is 5.14. The summed E-state index contributed by atoms with van der Waals surface area (Å²) in [4.78, 5) is 19.3. The van der Waals surface area contributed by atoms with Gasteiger partial charge in [0, 0.05) is 67.6 Å². The van der Waals surface area contributed by atoms with Gasteiger partial charge >= 0.3 is 6.03 Å². The predicted octanol–water partition coefficient (Wildman–Crippen LogP) is 4.80. The highest BCUT2D eigenvalue weighted by atomic mass is 35.5. The molecule has 42 heavy (non-hydrogen) atoms. The molecule has 1 aromatic heterocycles. The third-order valence-corrected chi connectivity index (χ3v) is 9.21. The van der Waals surface area contributed by atoms with Crippen LogP contribution in [0.5, 0.6) is 23.0 Å². The highest BCUT2D eigenvalue weighted by Crippen LogP contribution is 2.53. The lowest BCUT2D eigenvalue weighted by Gasteiger charge is -2.55. The van der Waals surface area contributed by atoms with Crippen molar-refractivity contribution in [2.45, 2.75) is 12.5 Å². The van der Waals surface area contributed by atoms with Crippen LogP contribution < -0.4 is 24.8 Å². The van der Waals surface area contributed by atoms with Crippen molar-refractivity contribution in [1.29, 1.82) is 0 Å². The summed E-state index contributed by atoms with van der Waals surface area (Å²) >= 11 is 6.46. The lowest BCUT2D eigenvalue weighted by molar-refractivity contribution is -0.237. The smallest absolute Gasteiger partial charge is 0.319 e. The number of nitrogens with one attached hydrogen (secondary N) is 2. The summed E-state index contributed by atoms with van der Waals surface area (Å²) in [6.07, 6.45) is 3.17. The number of fused-ring (bicyclic) bond motifs is 5. The molecule has 1 aliphatic carbocycles. The number of likely N-dealkylation sites (tertiary alicyclic amines) is 1. The molecule has 222 valence electrons. The maximum absolute atomic E-state index is 12.2. The first-order valence-electron chi connectivity index (χ1n) is 14.6. The number of amides is 2. The maximum Gasteiger partial charge on any atom is 0.319 e. The summed E-state index contributed by atoms with van der Waals surface area (Å²) in [6.45, 7) is 6.83. The number of aromatic nitrogens is 1. The first-order valence-corrected chi connectivity index (χ1v) is 15.0. The van der Waals surface area contributed by atoms with Crippen LogP contribution in [0.15, 0.2) is 42.6 Å². The van der Waals surface area contributed by atoms with Crippen LogP contribution in [0.1, 0.15) is 6.42 Å². The van der Waals surface area contributed by atoms with Crippen molar-refractivity contribution in [1.82, 2.24) is 15.2 Å². The Labute approximate surface area is 249 Å². The third-order valence-electron chi connectivity index (χ3n) is 8.90. The lowest BCUT2D eigenvalue weighted by Crippen LogP contribution is -2.61. The zero-order valence-electron chi connectivity index (χ0n) is 23.5. The molecule has 2 aromatic carbocycles. The minimum atomic E-state index is -0.313. The zero-order chi connectivity index (χ0) is 28.6. The minimum absolute atomic E-state index is 0.313. The van der Waals surface area contributed by atoms with Crippen LogP contribution in [0, 0.1) is 23.7 Å². The van der Waals surface area contributed by atoms with Crippen molar-refractivity contribution in [2.24, 2.45) is 23.7 Å². The second-order valence-corrected chi connectivity index (χ2v) is 12.0. The van der Waals surface area contributed by atoms with Crippen molar-refractivity contribution >= 4 is 34.2 Å². The van der Waals surface area contributed by atoms with Crippen LogP contribution in [0.4, 0.5) is 10.5 Å². The SMILES string of the molecule is COc1cc2c(Oc3ccc(NC(=O)NCC4COC4)c(Cl)c3)ccnc2cc1OCCCN1CC2C3COC3C2C1. The number of pyridine rings is 1. The van der Waals surface area contributed by atoms with E-state index in [0.717, 1.165) is 54.8 Å². The van der Waals surface area contributed by atoms with Crippen LogP contribution in [0.25, 0.3) is 10.9 Å². The Morgan fingerprint density at radius 1 is 1.07 bits per heavy atom. The second kappa shape index (κ2) is 11.8. The Balaban J connectivity index is 0.963. The molecule has 0 radical (unpaired) electrons. The molecule has 4 fully saturated rings. The molecule has 4 aliphatic rings. The number of urea groups is 1. The van der Waals surface area contributed by atoms with E-state index in [1.54, 1.807) is 37.6 Å². The van der Waals surface area contributed by atoms with Gasteiger partial charge in [-0.15, -0.1) is 0 Å². The summed E-state index contributed by atoms with van der Waals surface area (Å²) in [7, 11) is 1.63. The number of ether oxygens (including phenoxy) is 5. The average molecular weight is 595 g/mol. The number of anilines is 1. The Morgan fingerprint density at radius 3 is 2.69 bits per heavy atom. The Kier molecular flexibility index (Phi) is 7.70. The van der Waals surface area contributed by atoms with E-state index < -0.39 is 0 Å². The minimum Gasteiger partial charge on any atom is -0.493 e. The molecule has 3 saturated heterocycles. The van der Waals surface area contributed by atoms with Crippen LogP contribution in [-0.4, -0.2) is 81.7 Å². The molecule has 0 spiro atoms. The molecule has 4 heterocycles. The van der Waals surface area contributed by atoms with E-state index in [1.807, 2.05) is 12.1 Å². The van der Waals surface area contributed by atoms with Gasteiger partial charge in [0.25, 0.3) is 0 Å². The number of rotatable bonds is 11. The number of benzene rings is 2. The highest BCUT2D eigenvalue weighted by Gasteiger charge is 2.60. The number of hydrogen-bond donors (Lipinski definition) is 2. The Hall–Kier alpha value is -3.31. The van der Waals surface area contributed by atoms with Crippen molar-refractivity contribution in [3.8, 4) is 23.0 Å². The van der Waals surface area contributed by atoms with Crippen LogP contribution in [0.2, 0.25) is 5.02 Å². The molecule has 11 heteroatoms. The molecule has 4 atom stereocenters. The van der Waals surface area contributed by atoms with Gasteiger partial charge in [0.05, 0.1) is 55.9 Å². The highest BCUT2D eigenvalue weighted by molar-refractivity contribution is 6.33. The summed E-state index contributed by atoms with van der Waals surface area (Å²) in [6, 6.07) is 10.4. The van der Waals surface area contributed by atoms with Gasteiger partial charge in [0.15, 0.2) is 11.5 Å². The molecule has 1 saturated carbocycles. The summed E-state index contributed by atoms with van der Waals surface area (Å²) in [5, 5.41) is 6.76. The number of carbonyl (C=O) groups excluding carboxylic acids is 1. The molecular weight excluding hydrogens is 560 g/mol. The number of carbonyl (C=O) groups is 1. The molecule has 2 amide bonds. The second-order valence-electron chi connectivity index (χ2n) is 11.6. The monoisotopic (exact) mass is 594 g/mol. The normalized spacial score (nSPS) is 24.5. The molecule has 7 rings (SSSR count). The zero-order valence-corrected chi connectivity index (χ0v) is 24.3. The number of nitrogens with zero attached hydrogens (tertiary/aromatic N) is 2. The van der Waals surface area contributed by atoms with Crippen molar-refractivity contribution in [3.63, 3.8) is 0 Å². The molecular formula is C31H35ClN4O6. The van der Waals surface area contributed by atoms with E-state index >= 15 is 0 Å². The van der Waals surface area contributed by atoms with Gasteiger partial charge in [-0.1, -0.05) is 11.6 Å². The van der Waals surface area contributed by atoms with Crippen molar-refractivity contribution < 1.29 is 28.5 Å². The average Bonchev–Trinajstić information content (AvgIpc) is 3.29. The van der Waals surface area contributed by atoms with Gasteiger partial charge in [0.2, 0.25) is 0 Å². The van der Waals surface area contributed by atoms with Crippen molar-refractivity contribution in [3.05, 3.63) is 47.6 Å². The number of methoxy groups -OCH3 is 1. The fourth-order valence-electron chi connectivity index (χ4n) is 6.46. The van der Waals surface area contributed by atoms with Gasteiger partial charge in [-0.2, -0.15) is 0 Å². The van der Waals surface area contributed by atoms with E-state index in [-0.39, 0.29) is 6.03 Å². The van der Waals surface area contributed by atoms with Gasteiger partial charge in [-0.05, 0) is 36.6 Å². The molecule has 0 bridgehead atoms. The number of halogens is 1. The molecule has 10 nitrogen and oxygen atoms in total. The van der Waals surface area contributed by atoms with Gasteiger partial charge < -0.3 is 39.2 Å². The fraction of sp³-hybridized carbons (Fsp3) is 0.484. The summed E-state index contributed by atoms with van der Waals surface area (Å²) < 4.78 is 28.9. The summed E-state index contributed by atoms with van der Waals surface area (Å²) in [5.41, 5.74) is 1.22. The Bertz CT molecular complexity index is 1450. The van der Waals surface area contributed by atoms with E-state index in [1.165, 1.54) is 6.54 Å². The van der Waals surface area contributed by atoms with Gasteiger partial charge in [-0.3, -0.25) is 4.98 Å². The van der Waals surface area contributed by atoms with Crippen LogP contribution in [-0.2, 0) is 9.47 Å². The van der Waals surface area contributed by atoms with E-state index in [2.05, 4.69) is 20.5 Å². The molecule has 2 N–H and O–H groups in total. The first kappa shape index (κ1) is 27.5. The van der Waals surface area contributed by atoms with E-state index in [4.69, 9.17) is 35.3 Å². The quantitative estimate of drug-likeness (QED) is 0.305. The fourth-order valence-corrected chi connectivity index (χ4v) is 6.68. The van der Waals surface area contributed by atoms with Crippen LogP contribution in [0.3, 0.4) is 0 Å². The van der Waals surface area contributed by atoms with Crippen LogP contribution >= 0.6 is 11.6 Å². The maximum atomic E-state index is 12.2. The van der Waals surface area contributed by atoms with E-state index in [9.17, 15) is 4.79 Å². The van der Waals surface area contributed by atoms with Gasteiger partial charge in [-0.25, -0.2) is 4.79 Å². The predicted molar refractivity (Wildman–Crippen MR) is 158 cm³/mol. The third kappa shape index (κ3) is 5.44. The van der Waals surface area contributed by atoms with E-state index in [0.29, 0.717) is 72.1 Å². The molecule has 3 aromatic rings. The lowest BCUT2D eigenvalue weighted by atomic mass is 9.61. The largest absolute Gasteiger partial charge is 0.493 e. The topological polar surface area (TPSA) is 103 Å². The standard InChI is InChI=1S/C31H35ClN4O6/c1-38-28-10-20-26(11-29(28)40-8-2-7-36-13-21-22(14-36)30-23(21)17-41-30)33-6-5-27(20)42-19-3-4-25(24(32)9-19)35-31(37)34-12-18-15-39-16-18/h3-6,9-11,18,21-23,30H,2,7-8,12-17H2,1H3,(H2,34,35,37). The first-order chi connectivity index (χ1) is 20.6. The van der Waals surface area contributed by atoms with Gasteiger partial charge in [0.1, 0.15) is 11.5 Å².